The van der Waals surface area contributed by atoms with Crippen molar-refractivity contribution in [2.24, 2.45) is 0 Å². The largest absolute Gasteiger partial charge is 0.367 e. The molecule has 1 saturated carbocycles. The first kappa shape index (κ1) is 11.7. The Kier molecular flexibility index (Phi) is 3.66. The summed E-state index contributed by atoms with van der Waals surface area (Å²) in [7, 11) is 0. The van der Waals surface area contributed by atoms with Crippen LogP contribution in [0.2, 0.25) is 0 Å². The van der Waals surface area contributed by atoms with Gasteiger partial charge in [0.15, 0.2) is 0 Å². The van der Waals surface area contributed by atoms with Gasteiger partial charge in [0.25, 0.3) is 0 Å². The highest BCUT2D eigenvalue weighted by Gasteiger charge is 2.21. The Labute approximate surface area is 98.0 Å². The van der Waals surface area contributed by atoms with E-state index in [2.05, 4.69) is 41.7 Å². The molecule has 0 atom stereocenters. The van der Waals surface area contributed by atoms with Gasteiger partial charge >= 0.3 is 0 Å². The molecule has 16 heavy (non-hydrogen) atoms. The van der Waals surface area contributed by atoms with Crippen molar-refractivity contribution in [1.29, 1.82) is 0 Å². The molecule has 0 spiro atoms. The van der Waals surface area contributed by atoms with Crippen LogP contribution >= 0.6 is 0 Å². The van der Waals surface area contributed by atoms with Crippen LogP contribution in [0, 0.1) is 0 Å². The van der Waals surface area contributed by atoms with Crippen molar-refractivity contribution in [3.05, 3.63) is 24.0 Å². The minimum atomic E-state index is 0.208. The fraction of sp³-hybridized carbons (Fsp3) is 0.692. The monoisotopic (exact) mass is 221 g/mol. The van der Waals surface area contributed by atoms with Crippen molar-refractivity contribution in [3.63, 3.8) is 0 Å². The molecule has 0 unspecified atom stereocenters. The van der Waals surface area contributed by atoms with E-state index in [1.54, 1.807) is 0 Å². The van der Waals surface area contributed by atoms with Gasteiger partial charge in [0, 0.05) is 43.5 Å². The van der Waals surface area contributed by atoms with Crippen LogP contribution in [0.25, 0.3) is 0 Å². The van der Waals surface area contributed by atoms with Gasteiger partial charge in [0.1, 0.15) is 0 Å². The predicted octanol–water partition coefficient (Wildman–Crippen LogP) is 1.63. The third-order valence-corrected chi connectivity index (χ3v) is 3.26. The lowest BCUT2D eigenvalue weighted by molar-refractivity contribution is 0.465. The molecule has 3 N–H and O–H groups in total. The third kappa shape index (κ3) is 3.35. The maximum absolute atomic E-state index is 3.52. The van der Waals surface area contributed by atoms with E-state index in [9.17, 15) is 0 Å². The van der Waals surface area contributed by atoms with E-state index < -0.39 is 0 Å². The number of aromatic nitrogens is 1. The molecule has 3 nitrogen and oxygen atoms in total. The normalized spacial score (nSPS) is 16.6. The minimum Gasteiger partial charge on any atom is -0.367 e. The summed E-state index contributed by atoms with van der Waals surface area (Å²) in [5, 5.41) is 7.03. The van der Waals surface area contributed by atoms with Gasteiger partial charge in [-0.05, 0) is 24.5 Å². The molecule has 90 valence electrons. The fourth-order valence-corrected chi connectivity index (χ4v) is 1.90. The van der Waals surface area contributed by atoms with Crippen LogP contribution in [0.4, 0.5) is 0 Å². The summed E-state index contributed by atoms with van der Waals surface area (Å²) in [5.74, 6) is 0. The number of rotatable bonds is 7. The van der Waals surface area contributed by atoms with Gasteiger partial charge in [-0.25, -0.2) is 0 Å². The van der Waals surface area contributed by atoms with Crippen LogP contribution < -0.4 is 10.6 Å². The van der Waals surface area contributed by atoms with Crippen LogP contribution in [0.1, 0.15) is 32.3 Å². The van der Waals surface area contributed by atoms with Crippen LogP contribution in [-0.4, -0.2) is 30.7 Å². The summed E-state index contributed by atoms with van der Waals surface area (Å²) in [6, 6.07) is 2.98. The Bertz CT molecular complexity index is 299. The second-order valence-corrected chi connectivity index (χ2v) is 5.39. The molecular formula is C13H23N3. The van der Waals surface area contributed by atoms with Crippen molar-refractivity contribution >= 4 is 0 Å². The molecule has 0 saturated heterocycles. The average molecular weight is 221 g/mol. The number of nitrogens with one attached hydrogen (secondary N) is 3. The summed E-state index contributed by atoms with van der Waals surface area (Å²) in [6.45, 7) is 7.73. The second-order valence-electron chi connectivity index (χ2n) is 5.39. The lowest BCUT2D eigenvalue weighted by atomic mass is 9.86. The zero-order valence-electron chi connectivity index (χ0n) is 10.3. The van der Waals surface area contributed by atoms with Crippen LogP contribution in [-0.2, 0) is 5.41 Å². The number of hydrogen-bond acceptors (Lipinski definition) is 2. The predicted molar refractivity (Wildman–Crippen MR) is 67.7 cm³/mol. The van der Waals surface area contributed by atoms with E-state index in [1.165, 1.54) is 18.4 Å². The van der Waals surface area contributed by atoms with Gasteiger partial charge in [-0.15, -0.1) is 0 Å². The third-order valence-electron chi connectivity index (χ3n) is 3.26. The van der Waals surface area contributed by atoms with Crippen molar-refractivity contribution < 1.29 is 0 Å². The topological polar surface area (TPSA) is 39.8 Å². The Hall–Kier alpha value is -0.800. The Balaban J connectivity index is 1.63. The maximum Gasteiger partial charge on any atom is 0.00793 e. The van der Waals surface area contributed by atoms with Gasteiger partial charge in [-0.1, -0.05) is 13.8 Å². The summed E-state index contributed by atoms with van der Waals surface area (Å²) >= 11 is 0. The molecule has 2 rings (SSSR count). The Morgan fingerprint density at radius 1 is 1.38 bits per heavy atom. The van der Waals surface area contributed by atoms with Crippen LogP contribution in [0.15, 0.2) is 18.5 Å². The number of H-pyrrole nitrogens is 1. The van der Waals surface area contributed by atoms with Crippen LogP contribution in [0.5, 0.6) is 0 Å². The molecule has 0 bridgehead atoms. The van der Waals surface area contributed by atoms with E-state index in [4.69, 9.17) is 0 Å². The molecular weight excluding hydrogens is 198 g/mol. The van der Waals surface area contributed by atoms with Crippen molar-refractivity contribution in [1.82, 2.24) is 15.6 Å². The lowest BCUT2D eigenvalue weighted by Gasteiger charge is -2.24. The van der Waals surface area contributed by atoms with E-state index in [0.717, 1.165) is 25.7 Å². The second kappa shape index (κ2) is 5.02. The molecule has 0 radical (unpaired) electrons. The molecule has 3 heteroatoms. The molecule has 0 aromatic carbocycles. The number of aromatic amines is 1. The fourth-order valence-electron chi connectivity index (χ4n) is 1.90. The smallest absolute Gasteiger partial charge is 0.00793 e. The van der Waals surface area contributed by atoms with Crippen molar-refractivity contribution in [3.8, 4) is 0 Å². The molecule has 1 aliphatic carbocycles. The Morgan fingerprint density at radius 2 is 2.19 bits per heavy atom. The number of hydrogen-bond donors (Lipinski definition) is 3. The van der Waals surface area contributed by atoms with Gasteiger partial charge in [0.05, 0.1) is 0 Å². The lowest BCUT2D eigenvalue weighted by Crippen LogP contribution is -2.36. The van der Waals surface area contributed by atoms with Gasteiger partial charge in [-0.2, -0.15) is 0 Å². The highest BCUT2D eigenvalue weighted by Crippen LogP contribution is 2.21. The van der Waals surface area contributed by atoms with Gasteiger partial charge < -0.3 is 15.6 Å². The van der Waals surface area contributed by atoms with Crippen molar-refractivity contribution in [2.75, 3.05) is 19.6 Å². The zero-order valence-corrected chi connectivity index (χ0v) is 10.3. The summed E-state index contributed by atoms with van der Waals surface area (Å²) in [6.07, 6.45) is 6.82. The molecule has 1 fully saturated rings. The zero-order chi connectivity index (χ0) is 11.4. The van der Waals surface area contributed by atoms with E-state index in [0.29, 0.717) is 0 Å². The van der Waals surface area contributed by atoms with E-state index in [-0.39, 0.29) is 5.41 Å². The highest BCUT2D eigenvalue weighted by atomic mass is 15.0. The van der Waals surface area contributed by atoms with E-state index in [1.807, 2.05) is 6.20 Å². The molecule has 1 heterocycles. The Morgan fingerprint density at radius 3 is 2.81 bits per heavy atom. The van der Waals surface area contributed by atoms with Crippen LogP contribution in [0.3, 0.4) is 0 Å². The van der Waals surface area contributed by atoms with E-state index >= 15 is 0 Å². The summed E-state index contributed by atoms with van der Waals surface area (Å²) in [4.78, 5) is 3.12. The quantitative estimate of drug-likeness (QED) is 0.613. The minimum absolute atomic E-state index is 0.208. The first-order chi connectivity index (χ1) is 7.68. The first-order valence-corrected chi connectivity index (χ1v) is 6.26. The summed E-state index contributed by atoms with van der Waals surface area (Å²) in [5.41, 5.74) is 1.58. The standard InChI is InChI=1S/C13H23N3/c1-13(2,11-5-6-14-9-11)10-15-7-8-16-12-3-4-12/h5-6,9,12,14-16H,3-4,7-8,10H2,1-2H3. The highest BCUT2D eigenvalue weighted by molar-refractivity contribution is 5.20. The maximum atomic E-state index is 3.52. The average Bonchev–Trinajstić information content (AvgIpc) is 2.89. The molecule has 0 aliphatic heterocycles. The van der Waals surface area contributed by atoms with Crippen molar-refractivity contribution in [2.45, 2.75) is 38.1 Å². The van der Waals surface area contributed by atoms with Gasteiger partial charge in [-0.3, -0.25) is 0 Å². The molecule has 1 aromatic rings. The molecule has 1 aromatic heterocycles. The SMILES string of the molecule is CC(C)(CNCCNC1CC1)c1cc[nH]c1. The van der Waals surface area contributed by atoms with Gasteiger partial charge in [0.2, 0.25) is 0 Å². The first-order valence-electron chi connectivity index (χ1n) is 6.26. The molecule has 1 aliphatic rings. The molecule has 0 amide bonds. The summed E-state index contributed by atoms with van der Waals surface area (Å²) < 4.78 is 0.